The second-order valence-electron chi connectivity index (χ2n) is 8.69. The molecule has 168 valence electrons. The highest BCUT2D eigenvalue weighted by Gasteiger charge is 2.31. The SMILES string of the molecule is CC(=N)c1cc(C(=O)NS(=O)(=O)N2CCC2)c(F)cc1NC1CCC(C(C)C)CC1.[HH]. The van der Waals surface area contributed by atoms with Crippen LogP contribution in [0.1, 0.15) is 70.2 Å². The van der Waals surface area contributed by atoms with Crippen LogP contribution in [0, 0.1) is 23.1 Å². The quantitative estimate of drug-likeness (QED) is 0.562. The molecule has 0 bridgehead atoms. The predicted molar refractivity (Wildman–Crippen MR) is 118 cm³/mol. The van der Waals surface area contributed by atoms with Crippen LogP contribution in [0.3, 0.4) is 0 Å². The average molecular weight is 441 g/mol. The highest BCUT2D eigenvalue weighted by atomic mass is 32.2. The molecule has 0 atom stereocenters. The Kier molecular flexibility index (Phi) is 6.81. The largest absolute Gasteiger partial charge is 0.382 e. The van der Waals surface area contributed by atoms with Crippen LogP contribution in [0.5, 0.6) is 0 Å². The molecule has 1 aliphatic heterocycles. The fourth-order valence-corrected chi connectivity index (χ4v) is 5.30. The average Bonchev–Trinajstić information content (AvgIpc) is 2.59. The van der Waals surface area contributed by atoms with Gasteiger partial charge in [0.25, 0.3) is 5.91 Å². The van der Waals surface area contributed by atoms with Gasteiger partial charge in [0.15, 0.2) is 0 Å². The Bertz CT molecular complexity index is 927. The molecule has 1 heterocycles. The molecule has 0 unspecified atom stereocenters. The van der Waals surface area contributed by atoms with E-state index in [2.05, 4.69) is 19.2 Å². The third kappa shape index (κ3) is 5.00. The van der Waals surface area contributed by atoms with Crippen molar-refractivity contribution in [3.63, 3.8) is 0 Å². The van der Waals surface area contributed by atoms with Crippen molar-refractivity contribution in [1.29, 1.82) is 5.41 Å². The van der Waals surface area contributed by atoms with E-state index in [4.69, 9.17) is 5.41 Å². The van der Waals surface area contributed by atoms with Crippen molar-refractivity contribution in [3.05, 3.63) is 29.1 Å². The number of anilines is 1. The summed E-state index contributed by atoms with van der Waals surface area (Å²) in [5.74, 6) is -0.489. The van der Waals surface area contributed by atoms with Crippen LogP contribution in [0.15, 0.2) is 12.1 Å². The fourth-order valence-electron chi connectivity index (χ4n) is 4.09. The van der Waals surface area contributed by atoms with Crippen molar-refractivity contribution in [3.8, 4) is 0 Å². The van der Waals surface area contributed by atoms with Gasteiger partial charge in [0.05, 0.1) is 5.56 Å². The van der Waals surface area contributed by atoms with E-state index >= 15 is 0 Å². The third-order valence-corrected chi connectivity index (χ3v) is 7.70. The van der Waals surface area contributed by atoms with E-state index in [0.29, 0.717) is 36.2 Å². The lowest BCUT2D eigenvalue weighted by Gasteiger charge is -2.32. The molecule has 1 saturated carbocycles. The number of carbonyl (C=O) groups excluding carboxylic acids is 1. The van der Waals surface area contributed by atoms with Crippen molar-refractivity contribution >= 4 is 27.5 Å². The summed E-state index contributed by atoms with van der Waals surface area (Å²) in [6.45, 7) is 6.72. The molecule has 0 radical (unpaired) electrons. The number of hydrogen-bond donors (Lipinski definition) is 3. The Hall–Kier alpha value is -2.00. The Morgan fingerprint density at radius 1 is 1.20 bits per heavy atom. The first-order chi connectivity index (χ1) is 14.1. The molecule has 9 heteroatoms. The number of nitrogens with one attached hydrogen (secondary N) is 3. The summed E-state index contributed by atoms with van der Waals surface area (Å²) in [5.41, 5.74) is 0.659. The molecule has 1 aliphatic carbocycles. The topological polar surface area (TPSA) is 102 Å². The summed E-state index contributed by atoms with van der Waals surface area (Å²) in [4.78, 5) is 12.5. The van der Waals surface area contributed by atoms with Crippen LogP contribution in [-0.4, -0.2) is 43.5 Å². The number of hydrogen-bond acceptors (Lipinski definition) is 5. The van der Waals surface area contributed by atoms with Crippen molar-refractivity contribution in [1.82, 2.24) is 9.03 Å². The molecule has 0 aromatic heterocycles. The van der Waals surface area contributed by atoms with E-state index in [1.807, 2.05) is 4.72 Å². The summed E-state index contributed by atoms with van der Waals surface area (Å²) >= 11 is 0. The van der Waals surface area contributed by atoms with E-state index in [-0.39, 0.29) is 18.7 Å². The lowest BCUT2D eigenvalue weighted by Crippen LogP contribution is -2.49. The lowest BCUT2D eigenvalue weighted by atomic mass is 9.79. The van der Waals surface area contributed by atoms with Crippen LogP contribution in [0.2, 0.25) is 0 Å². The molecule has 2 aliphatic rings. The molecule has 1 amide bonds. The molecule has 2 fully saturated rings. The first-order valence-electron chi connectivity index (χ1n) is 10.6. The summed E-state index contributed by atoms with van der Waals surface area (Å²) in [6, 6.07) is 2.65. The summed E-state index contributed by atoms with van der Waals surface area (Å²) in [7, 11) is -3.97. The van der Waals surface area contributed by atoms with Crippen molar-refractivity contribution < 1.29 is 19.0 Å². The number of carbonyl (C=O) groups is 1. The van der Waals surface area contributed by atoms with Crippen LogP contribution < -0.4 is 10.0 Å². The van der Waals surface area contributed by atoms with Gasteiger partial charge in [-0.3, -0.25) is 4.79 Å². The van der Waals surface area contributed by atoms with Crippen LogP contribution >= 0.6 is 0 Å². The van der Waals surface area contributed by atoms with Gasteiger partial charge in [-0.05, 0) is 63.0 Å². The van der Waals surface area contributed by atoms with Crippen LogP contribution in [0.25, 0.3) is 0 Å². The highest BCUT2D eigenvalue weighted by Crippen LogP contribution is 2.32. The maximum Gasteiger partial charge on any atom is 0.304 e. The number of benzene rings is 1. The van der Waals surface area contributed by atoms with Crippen LogP contribution in [0.4, 0.5) is 10.1 Å². The summed E-state index contributed by atoms with van der Waals surface area (Å²) in [5, 5.41) is 11.4. The Morgan fingerprint density at radius 3 is 2.33 bits per heavy atom. The maximum absolute atomic E-state index is 14.8. The van der Waals surface area contributed by atoms with E-state index in [1.54, 1.807) is 6.92 Å². The monoisotopic (exact) mass is 440 g/mol. The molecule has 3 rings (SSSR count). The predicted octanol–water partition coefficient (Wildman–Crippen LogP) is 3.77. The second-order valence-corrected chi connectivity index (χ2v) is 10.4. The van der Waals surface area contributed by atoms with Crippen molar-refractivity contribution in [2.45, 2.75) is 58.9 Å². The van der Waals surface area contributed by atoms with Gasteiger partial charge in [0.1, 0.15) is 5.82 Å². The molecule has 1 aromatic carbocycles. The minimum absolute atomic E-state index is 0. The Morgan fingerprint density at radius 2 is 1.83 bits per heavy atom. The van der Waals surface area contributed by atoms with E-state index in [1.165, 1.54) is 12.1 Å². The van der Waals surface area contributed by atoms with Gasteiger partial charge >= 0.3 is 10.2 Å². The standard InChI is InChI=1S/C21H31FN4O3S.H2/c1-13(2)15-5-7-16(8-6-15)24-20-12-19(22)18(11-17(20)14(3)23)21(27)25-30(28,29)26-9-4-10-26;/h11-13,15-16,23-24H,4-10H2,1-3H3,(H,25,27);1H. The lowest BCUT2D eigenvalue weighted by molar-refractivity contribution is 0.0974. The van der Waals surface area contributed by atoms with E-state index in [0.717, 1.165) is 36.4 Å². The van der Waals surface area contributed by atoms with E-state index < -0.39 is 21.9 Å². The molecule has 1 saturated heterocycles. The molecule has 7 nitrogen and oxygen atoms in total. The summed E-state index contributed by atoms with van der Waals surface area (Å²) < 4.78 is 42.1. The van der Waals surface area contributed by atoms with Crippen molar-refractivity contribution in [2.75, 3.05) is 18.4 Å². The number of halogens is 1. The van der Waals surface area contributed by atoms with Gasteiger partial charge in [0.2, 0.25) is 0 Å². The highest BCUT2D eigenvalue weighted by molar-refractivity contribution is 7.87. The second kappa shape index (κ2) is 9.01. The normalized spacial score (nSPS) is 22.4. The van der Waals surface area contributed by atoms with Gasteiger partial charge in [-0.15, -0.1) is 0 Å². The molecule has 0 spiro atoms. The smallest absolute Gasteiger partial charge is 0.304 e. The third-order valence-electron chi connectivity index (χ3n) is 6.21. The fraction of sp³-hybridized carbons (Fsp3) is 0.619. The molecule has 3 N–H and O–H groups in total. The first kappa shape index (κ1) is 22.7. The first-order valence-corrected chi connectivity index (χ1v) is 12.0. The number of rotatable bonds is 7. The van der Waals surface area contributed by atoms with Crippen LogP contribution in [-0.2, 0) is 10.2 Å². The minimum atomic E-state index is -3.97. The Balaban J connectivity index is 0.00000341. The zero-order valence-electron chi connectivity index (χ0n) is 17.8. The van der Waals surface area contributed by atoms with E-state index in [9.17, 15) is 17.6 Å². The van der Waals surface area contributed by atoms with Crippen molar-refractivity contribution in [2.24, 2.45) is 11.8 Å². The Labute approximate surface area is 179 Å². The zero-order chi connectivity index (χ0) is 22.1. The van der Waals surface area contributed by atoms with Gasteiger partial charge < -0.3 is 10.7 Å². The van der Waals surface area contributed by atoms with Gasteiger partial charge in [0, 0.05) is 37.5 Å². The zero-order valence-corrected chi connectivity index (χ0v) is 18.6. The molecule has 30 heavy (non-hydrogen) atoms. The number of amides is 1. The summed E-state index contributed by atoms with van der Waals surface area (Å²) in [6.07, 6.45) is 4.88. The molecular formula is C21H33FN4O3S. The maximum atomic E-state index is 14.8. The van der Waals surface area contributed by atoms with Gasteiger partial charge in [-0.1, -0.05) is 13.8 Å². The minimum Gasteiger partial charge on any atom is -0.382 e. The molecular weight excluding hydrogens is 407 g/mol. The number of nitrogens with zero attached hydrogens (tertiary/aromatic N) is 1. The molecule has 1 aromatic rings. The van der Waals surface area contributed by atoms with Gasteiger partial charge in [-0.25, -0.2) is 9.11 Å². The van der Waals surface area contributed by atoms with Gasteiger partial charge in [-0.2, -0.15) is 12.7 Å².